The lowest BCUT2D eigenvalue weighted by atomic mass is 10.2. The van der Waals surface area contributed by atoms with E-state index in [0.29, 0.717) is 13.0 Å². The second-order valence-electron chi connectivity index (χ2n) is 4.76. The highest BCUT2D eigenvalue weighted by atomic mass is 16.6. The molecule has 1 aromatic heterocycles. The van der Waals surface area contributed by atoms with Gasteiger partial charge in [-0.05, 0) is 32.8 Å². The molecule has 0 bridgehead atoms. The number of carbonyl (C=O) groups excluding carboxylic acids is 2. The zero-order valence-corrected chi connectivity index (χ0v) is 11.1. The Morgan fingerprint density at radius 3 is 2.58 bits per heavy atom. The van der Waals surface area contributed by atoms with Crippen LogP contribution in [-0.2, 0) is 16.0 Å². The highest BCUT2D eigenvalue weighted by Crippen LogP contribution is 2.09. The third kappa shape index (κ3) is 6.28. The van der Waals surface area contributed by atoms with E-state index in [4.69, 9.17) is 4.74 Å². The van der Waals surface area contributed by atoms with Crippen molar-refractivity contribution in [2.75, 3.05) is 11.9 Å². The minimum absolute atomic E-state index is 0.164. The van der Waals surface area contributed by atoms with Crippen molar-refractivity contribution in [2.45, 2.75) is 32.8 Å². The molecule has 0 unspecified atom stereocenters. The van der Waals surface area contributed by atoms with Gasteiger partial charge in [-0.25, -0.2) is 24.5 Å². The number of nitrogens with zero attached hydrogens (tertiary/aromatic N) is 3. The maximum absolute atomic E-state index is 11.5. The summed E-state index contributed by atoms with van der Waals surface area (Å²) in [4.78, 5) is 32.7. The average Bonchev–Trinajstić information content (AvgIpc) is 2.29. The fourth-order valence-electron chi connectivity index (χ4n) is 1.17. The SMILES string of the molecule is CC(C)(C)OC(=O)Nc1ncc(CCN=C=O)cn1. The Morgan fingerprint density at radius 2 is 2.05 bits per heavy atom. The number of amides is 1. The molecule has 0 aliphatic carbocycles. The van der Waals surface area contributed by atoms with Gasteiger partial charge in [0.25, 0.3) is 0 Å². The lowest BCUT2D eigenvalue weighted by Gasteiger charge is -2.19. The van der Waals surface area contributed by atoms with Gasteiger partial charge in [-0.15, -0.1) is 0 Å². The van der Waals surface area contributed by atoms with Crippen LogP contribution in [0, 0.1) is 0 Å². The molecule has 0 aliphatic heterocycles. The van der Waals surface area contributed by atoms with Gasteiger partial charge in [-0.3, -0.25) is 5.32 Å². The molecule has 0 aliphatic rings. The van der Waals surface area contributed by atoms with E-state index in [1.165, 1.54) is 6.08 Å². The number of ether oxygens (including phenoxy) is 1. The van der Waals surface area contributed by atoms with Crippen LogP contribution in [0.1, 0.15) is 26.3 Å². The summed E-state index contributed by atoms with van der Waals surface area (Å²) in [7, 11) is 0. The number of aromatic nitrogens is 2. The molecule has 7 nitrogen and oxygen atoms in total. The van der Waals surface area contributed by atoms with Crippen molar-refractivity contribution in [3.05, 3.63) is 18.0 Å². The summed E-state index contributed by atoms with van der Waals surface area (Å²) in [6.45, 7) is 5.64. The largest absolute Gasteiger partial charge is 0.444 e. The fourth-order valence-corrected chi connectivity index (χ4v) is 1.17. The molecule has 1 heterocycles. The van der Waals surface area contributed by atoms with Crippen LogP contribution in [0.4, 0.5) is 10.7 Å². The molecule has 1 rings (SSSR count). The van der Waals surface area contributed by atoms with Crippen LogP contribution in [0.3, 0.4) is 0 Å². The molecule has 0 spiro atoms. The lowest BCUT2D eigenvalue weighted by Crippen LogP contribution is -2.27. The first-order valence-electron chi connectivity index (χ1n) is 5.75. The molecular weight excluding hydrogens is 248 g/mol. The maximum Gasteiger partial charge on any atom is 0.414 e. The molecule has 0 saturated carbocycles. The molecular formula is C12H16N4O3. The van der Waals surface area contributed by atoms with E-state index in [1.54, 1.807) is 33.2 Å². The van der Waals surface area contributed by atoms with Gasteiger partial charge < -0.3 is 4.74 Å². The van der Waals surface area contributed by atoms with Crippen LogP contribution in [0.5, 0.6) is 0 Å². The molecule has 0 fully saturated rings. The topological polar surface area (TPSA) is 93.5 Å². The highest BCUT2D eigenvalue weighted by Gasteiger charge is 2.16. The minimum Gasteiger partial charge on any atom is -0.444 e. The number of hydrogen-bond donors (Lipinski definition) is 1. The van der Waals surface area contributed by atoms with Crippen molar-refractivity contribution < 1.29 is 14.3 Å². The molecule has 102 valence electrons. The summed E-state index contributed by atoms with van der Waals surface area (Å²) in [6, 6.07) is 0. The highest BCUT2D eigenvalue weighted by molar-refractivity contribution is 5.82. The Hall–Kier alpha value is -2.27. The van der Waals surface area contributed by atoms with Crippen molar-refractivity contribution in [1.82, 2.24) is 9.97 Å². The number of nitrogens with one attached hydrogen (secondary N) is 1. The molecule has 0 saturated heterocycles. The summed E-state index contributed by atoms with van der Waals surface area (Å²) >= 11 is 0. The summed E-state index contributed by atoms with van der Waals surface area (Å²) in [6.07, 6.45) is 4.51. The lowest BCUT2D eigenvalue weighted by molar-refractivity contribution is 0.0634. The third-order valence-electron chi connectivity index (χ3n) is 1.89. The van der Waals surface area contributed by atoms with E-state index in [9.17, 15) is 9.59 Å². The molecule has 7 heteroatoms. The Labute approximate surface area is 111 Å². The maximum atomic E-state index is 11.5. The van der Waals surface area contributed by atoms with E-state index in [2.05, 4.69) is 20.3 Å². The van der Waals surface area contributed by atoms with Gasteiger partial charge >= 0.3 is 6.09 Å². The van der Waals surface area contributed by atoms with Crippen LogP contribution in [-0.4, -0.2) is 34.3 Å². The number of hydrogen-bond acceptors (Lipinski definition) is 6. The van der Waals surface area contributed by atoms with Crippen LogP contribution in [0.25, 0.3) is 0 Å². The standard InChI is InChI=1S/C12H16N4O3/c1-12(2,3)19-11(18)16-10-14-6-9(7-15-10)4-5-13-8-17/h6-7H,4-5H2,1-3H3,(H,14,15,16,18). The number of isocyanates is 1. The van der Waals surface area contributed by atoms with Crippen molar-refractivity contribution in [2.24, 2.45) is 4.99 Å². The summed E-state index contributed by atoms with van der Waals surface area (Å²) in [5.41, 5.74) is 0.241. The quantitative estimate of drug-likeness (QED) is 0.660. The first-order chi connectivity index (χ1) is 8.90. The number of carbonyl (C=O) groups is 1. The summed E-state index contributed by atoms with van der Waals surface area (Å²) < 4.78 is 5.06. The van der Waals surface area contributed by atoms with Gasteiger partial charge in [-0.2, -0.15) is 0 Å². The Morgan fingerprint density at radius 1 is 1.42 bits per heavy atom. The fraction of sp³-hybridized carbons (Fsp3) is 0.500. The van der Waals surface area contributed by atoms with Gasteiger partial charge in [0, 0.05) is 12.4 Å². The first-order valence-corrected chi connectivity index (χ1v) is 5.75. The van der Waals surface area contributed by atoms with Crippen LogP contribution in [0.15, 0.2) is 17.4 Å². The van der Waals surface area contributed by atoms with Crippen LogP contribution < -0.4 is 5.32 Å². The second-order valence-corrected chi connectivity index (χ2v) is 4.76. The van der Waals surface area contributed by atoms with Gasteiger partial charge in [0.1, 0.15) is 5.60 Å². The molecule has 0 radical (unpaired) electrons. The molecule has 1 amide bonds. The van der Waals surface area contributed by atoms with E-state index in [1.807, 2.05) is 0 Å². The van der Waals surface area contributed by atoms with E-state index >= 15 is 0 Å². The number of anilines is 1. The minimum atomic E-state index is -0.606. The Balaban J connectivity index is 2.52. The van der Waals surface area contributed by atoms with Crippen molar-refractivity contribution in [1.29, 1.82) is 0 Å². The van der Waals surface area contributed by atoms with Gasteiger partial charge in [-0.1, -0.05) is 0 Å². The second kappa shape index (κ2) is 6.61. The average molecular weight is 264 g/mol. The molecule has 0 atom stereocenters. The van der Waals surface area contributed by atoms with Crippen molar-refractivity contribution >= 4 is 18.1 Å². The van der Waals surface area contributed by atoms with E-state index in [0.717, 1.165) is 5.56 Å². The Bertz CT molecular complexity index is 473. The van der Waals surface area contributed by atoms with Crippen LogP contribution >= 0.6 is 0 Å². The number of rotatable bonds is 4. The first kappa shape index (κ1) is 14.8. The zero-order chi connectivity index (χ0) is 14.3. The summed E-state index contributed by atoms with van der Waals surface area (Å²) in [5.74, 6) is 0.164. The van der Waals surface area contributed by atoms with E-state index < -0.39 is 11.7 Å². The predicted molar refractivity (Wildman–Crippen MR) is 68.6 cm³/mol. The van der Waals surface area contributed by atoms with E-state index in [-0.39, 0.29) is 5.95 Å². The predicted octanol–water partition coefficient (Wildman–Crippen LogP) is 1.70. The summed E-state index contributed by atoms with van der Waals surface area (Å²) in [5, 5.41) is 2.42. The normalized spacial score (nSPS) is 10.5. The molecule has 1 N–H and O–H groups in total. The monoisotopic (exact) mass is 264 g/mol. The van der Waals surface area contributed by atoms with Crippen LogP contribution in [0.2, 0.25) is 0 Å². The molecule has 1 aromatic rings. The number of aliphatic imine (C=N–C) groups is 1. The smallest absolute Gasteiger partial charge is 0.414 e. The Kier molecular flexibility index (Phi) is 5.14. The zero-order valence-electron chi connectivity index (χ0n) is 11.1. The van der Waals surface area contributed by atoms with Gasteiger partial charge in [0.15, 0.2) is 0 Å². The van der Waals surface area contributed by atoms with Gasteiger partial charge in [0.2, 0.25) is 12.0 Å². The van der Waals surface area contributed by atoms with Crippen molar-refractivity contribution in [3.63, 3.8) is 0 Å². The molecule has 19 heavy (non-hydrogen) atoms. The third-order valence-corrected chi connectivity index (χ3v) is 1.89. The van der Waals surface area contributed by atoms with Gasteiger partial charge in [0.05, 0.1) is 6.54 Å². The van der Waals surface area contributed by atoms with Crippen molar-refractivity contribution in [3.8, 4) is 0 Å². The molecule has 0 aromatic carbocycles.